The van der Waals surface area contributed by atoms with Crippen molar-refractivity contribution in [1.82, 2.24) is 25.5 Å². The van der Waals surface area contributed by atoms with Crippen LogP contribution >= 0.6 is 11.8 Å². The van der Waals surface area contributed by atoms with E-state index in [1.54, 1.807) is 4.68 Å². The van der Waals surface area contributed by atoms with Crippen LogP contribution in [0.4, 0.5) is 0 Å². The molecule has 0 fully saturated rings. The highest BCUT2D eigenvalue weighted by atomic mass is 32.2. The van der Waals surface area contributed by atoms with Crippen LogP contribution in [0.15, 0.2) is 53.7 Å². The summed E-state index contributed by atoms with van der Waals surface area (Å²) in [5, 5.41) is 15.3. The average Bonchev–Trinajstić information content (AvgIpc) is 3.11. The van der Waals surface area contributed by atoms with Gasteiger partial charge in [-0.15, -0.1) is 5.10 Å². The lowest BCUT2D eigenvalue weighted by Gasteiger charge is -2.15. The summed E-state index contributed by atoms with van der Waals surface area (Å²) in [6.45, 7) is 6.14. The van der Waals surface area contributed by atoms with E-state index in [1.165, 1.54) is 22.9 Å². The SMILES string of the molecule is Cc1ccc([C@@H](C)NC(=O)CSc2nnnn2-c2ccccc2)cc1C. The number of carbonyl (C=O) groups excluding carboxylic acids is 1. The number of aryl methyl sites for hydroxylation is 2. The van der Waals surface area contributed by atoms with E-state index in [0.29, 0.717) is 5.16 Å². The molecule has 0 radical (unpaired) electrons. The number of thioether (sulfide) groups is 1. The second kappa shape index (κ2) is 8.14. The number of amides is 1. The highest BCUT2D eigenvalue weighted by Gasteiger charge is 2.14. The molecule has 1 aromatic heterocycles. The number of aromatic nitrogens is 4. The van der Waals surface area contributed by atoms with Crippen molar-refractivity contribution in [2.45, 2.75) is 32.0 Å². The lowest BCUT2D eigenvalue weighted by Crippen LogP contribution is -2.28. The van der Waals surface area contributed by atoms with E-state index in [-0.39, 0.29) is 17.7 Å². The van der Waals surface area contributed by atoms with Gasteiger partial charge in [0.1, 0.15) is 0 Å². The largest absolute Gasteiger partial charge is 0.349 e. The summed E-state index contributed by atoms with van der Waals surface area (Å²) in [4.78, 5) is 12.3. The lowest BCUT2D eigenvalue weighted by molar-refractivity contribution is -0.119. The zero-order valence-electron chi connectivity index (χ0n) is 15.0. The van der Waals surface area contributed by atoms with Crippen molar-refractivity contribution < 1.29 is 4.79 Å². The number of nitrogens with zero attached hydrogens (tertiary/aromatic N) is 4. The predicted molar refractivity (Wildman–Crippen MR) is 102 cm³/mol. The Morgan fingerprint density at radius 2 is 1.92 bits per heavy atom. The normalized spacial score (nSPS) is 12.0. The zero-order chi connectivity index (χ0) is 18.5. The molecule has 26 heavy (non-hydrogen) atoms. The molecule has 1 amide bonds. The van der Waals surface area contributed by atoms with Gasteiger partial charge in [0.15, 0.2) is 0 Å². The number of nitrogens with one attached hydrogen (secondary N) is 1. The van der Waals surface area contributed by atoms with Gasteiger partial charge >= 0.3 is 0 Å². The Bertz CT molecular complexity index is 894. The molecule has 3 aromatic rings. The Morgan fingerprint density at radius 3 is 2.65 bits per heavy atom. The summed E-state index contributed by atoms with van der Waals surface area (Å²) in [6.07, 6.45) is 0. The number of tetrazole rings is 1. The number of para-hydroxylation sites is 1. The number of hydrogen-bond donors (Lipinski definition) is 1. The molecule has 0 unspecified atom stereocenters. The summed E-state index contributed by atoms with van der Waals surface area (Å²) in [5.74, 6) is 0.200. The van der Waals surface area contributed by atoms with E-state index in [4.69, 9.17) is 0 Å². The first-order valence-electron chi connectivity index (χ1n) is 8.37. The molecule has 0 aliphatic rings. The van der Waals surface area contributed by atoms with Gasteiger partial charge in [-0.2, -0.15) is 4.68 Å². The first-order valence-corrected chi connectivity index (χ1v) is 9.36. The molecule has 0 bridgehead atoms. The van der Waals surface area contributed by atoms with Gasteiger partial charge in [0.25, 0.3) is 0 Å². The Morgan fingerprint density at radius 1 is 1.15 bits per heavy atom. The number of carbonyl (C=O) groups is 1. The van der Waals surface area contributed by atoms with Crippen molar-refractivity contribution in [2.75, 3.05) is 5.75 Å². The zero-order valence-corrected chi connectivity index (χ0v) is 15.8. The molecule has 0 aliphatic heterocycles. The maximum atomic E-state index is 12.3. The monoisotopic (exact) mass is 367 g/mol. The van der Waals surface area contributed by atoms with Crippen LogP contribution in [-0.4, -0.2) is 31.9 Å². The van der Waals surface area contributed by atoms with Crippen molar-refractivity contribution in [3.05, 3.63) is 65.2 Å². The van der Waals surface area contributed by atoms with Crippen LogP contribution in [0.1, 0.15) is 29.7 Å². The van der Waals surface area contributed by atoms with E-state index >= 15 is 0 Å². The fourth-order valence-corrected chi connectivity index (χ4v) is 3.23. The van der Waals surface area contributed by atoms with Crippen molar-refractivity contribution >= 4 is 17.7 Å². The van der Waals surface area contributed by atoms with Gasteiger partial charge in [0.2, 0.25) is 11.1 Å². The Balaban J connectivity index is 1.60. The van der Waals surface area contributed by atoms with Crippen LogP contribution in [0.3, 0.4) is 0 Å². The van der Waals surface area contributed by atoms with Gasteiger partial charge in [0, 0.05) is 0 Å². The highest BCUT2D eigenvalue weighted by molar-refractivity contribution is 7.99. The van der Waals surface area contributed by atoms with Gasteiger partial charge in [-0.05, 0) is 60.0 Å². The summed E-state index contributed by atoms with van der Waals surface area (Å²) in [5.41, 5.74) is 4.43. The van der Waals surface area contributed by atoms with Crippen LogP contribution in [0.5, 0.6) is 0 Å². The molecule has 3 rings (SSSR count). The number of hydrogen-bond acceptors (Lipinski definition) is 5. The summed E-state index contributed by atoms with van der Waals surface area (Å²) in [6, 6.07) is 15.8. The van der Waals surface area contributed by atoms with Gasteiger partial charge in [-0.1, -0.05) is 48.2 Å². The smallest absolute Gasteiger partial charge is 0.230 e. The molecule has 1 N–H and O–H groups in total. The highest BCUT2D eigenvalue weighted by Crippen LogP contribution is 2.19. The maximum absolute atomic E-state index is 12.3. The van der Waals surface area contributed by atoms with E-state index < -0.39 is 0 Å². The summed E-state index contributed by atoms with van der Waals surface area (Å²) in [7, 11) is 0. The van der Waals surface area contributed by atoms with E-state index in [0.717, 1.165) is 11.3 Å². The fraction of sp³-hybridized carbons (Fsp3) is 0.263. The van der Waals surface area contributed by atoms with Gasteiger partial charge in [-0.3, -0.25) is 4.79 Å². The summed E-state index contributed by atoms with van der Waals surface area (Å²) >= 11 is 1.31. The molecule has 6 nitrogen and oxygen atoms in total. The average molecular weight is 367 g/mol. The minimum absolute atomic E-state index is 0.0486. The van der Waals surface area contributed by atoms with Crippen molar-refractivity contribution in [3.63, 3.8) is 0 Å². The molecule has 0 aliphatic carbocycles. The topological polar surface area (TPSA) is 72.7 Å². The van der Waals surface area contributed by atoms with Crippen LogP contribution in [-0.2, 0) is 4.79 Å². The molecule has 2 aromatic carbocycles. The second-order valence-corrected chi connectivity index (χ2v) is 7.07. The molecule has 0 saturated heterocycles. The molecule has 1 heterocycles. The van der Waals surface area contributed by atoms with E-state index in [9.17, 15) is 4.79 Å². The minimum atomic E-state index is -0.0525. The molecule has 1 atom stereocenters. The van der Waals surface area contributed by atoms with Crippen molar-refractivity contribution in [1.29, 1.82) is 0 Å². The Labute approximate surface area is 157 Å². The van der Waals surface area contributed by atoms with Crippen LogP contribution < -0.4 is 5.32 Å². The van der Waals surface area contributed by atoms with Crippen molar-refractivity contribution in [2.24, 2.45) is 0 Å². The molecule has 0 spiro atoms. The van der Waals surface area contributed by atoms with Crippen molar-refractivity contribution in [3.8, 4) is 5.69 Å². The maximum Gasteiger partial charge on any atom is 0.230 e. The van der Waals surface area contributed by atoms with E-state index in [2.05, 4.69) is 52.9 Å². The second-order valence-electron chi connectivity index (χ2n) is 6.13. The molecule has 0 saturated carbocycles. The Hall–Kier alpha value is -2.67. The summed E-state index contributed by atoms with van der Waals surface area (Å²) < 4.78 is 1.63. The number of benzene rings is 2. The van der Waals surface area contributed by atoms with E-state index in [1.807, 2.05) is 37.3 Å². The van der Waals surface area contributed by atoms with Crippen LogP contribution in [0.2, 0.25) is 0 Å². The molecular formula is C19H21N5OS. The van der Waals surface area contributed by atoms with Gasteiger partial charge in [-0.25, -0.2) is 0 Å². The first-order chi connectivity index (χ1) is 12.5. The standard InChI is InChI=1S/C19H21N5OS/c1-13-9-10-16(11-14(13)2)15(3)20-18(25)12-26-19-21-22-23-24(19)17-7-5-4-6-8-17/h4-11,15H,12H2,1-3H3,(H,20,25)/t15-/m1/s1. The first kappa shape index (κ1) is 18.1. The molecule has 134 valence electrons. The number of rotatable bonds is 6. The van der Waals surface area contributed by atoms with Gasteiger partial charge < -0.3 is 5.32 Å². The fourth-order valence-electron chi connectivity index (χ4n) is 2.53. The molecule has 7 heteroatoms. The van der Waals surface area contributed by atoms with Gasteiger partial charge in [0.05, 0.1) is 17.5 Å². The van der Waals surface area contributed by atoms with Crippen LogP contribution in [0.25, 0.3) is 5.69 Å². The van der Waals surface area contributed by atoms with Crippen LogP contribution in [0, 0.1) is 13.8 Å². The lowest BCUT2D eigenvalue weighted by atomic mass is 10.0. The third kappa shape index (κ3) is 4.29. The predicted octanol–water partition coefficient (Wildman–Crippen LogP) is 3.25. The third-order valence-corrected chi connectivity index (χ3v) is 5.10. The third-order valence-electron chi connectivity index (χ3n) is 4.18. The molecular weight excluding hydrogens is 346 g/mol. The quantitative estimate of drug-likeness (QED) is 0.677. The minimum Gasteiger partial charge on any atom is -0.349 e. The Kier molecular flexibility index (Phi) is 5.68.